The van der Waals surface area contributed by atoms with Crippen LogP contribution >= 0.6 is 0 Å². The van der Waals surface area contributed by atoms with Gasteiger partial charge in [-0.05, 0) is 166 Å². The van der Waals surface area contributed by atoms with Gasteiger partial charge in [0.05, 0.1) is 0 Å². The van der Waals surface area contributed by atoms with E-state index in [-0.39, 0.29) is 28.1 Å². The Hall–Kier alpha value is -10.9. The molecular weight excluding hydrogens is 1180 g/mol. The van der Waals surface area contributed by atoms with Crippen molar-refractivity contribution in [2.24, 2.45) is 0 Å². The van der Waals surface area contributed by atoms with Gasteiger partial charge in [0.2, 0.25) is 0 Å². The van der Waals surface area contributed by atoms with Crippen LogP contribution in [-0.4, -0.2) is 0 Å². The van der Waals surface area contributed by atoms with Crippen LogP contribution in [0.3, 0.4) is 0 Å². The molecule has 2 unspecified atom stereocenters. The quantitative estimate of drug-likeness (QED) is 0.0898. The lowest BCUT2D eigenvalue weighted by Crippen LogP contribution is -2.14. The zero-order valence-electron chi connectivity index (χ0n) is 58.1. The van der Waals surface area contributed by atoms with Crippen LogP contribution < -0.4 is 0 Å². The van der Waals surface area contributed by atoms with Gasteiger partial charge in [0.1, 0.15) is 0 Å². The summed E-state index contributed by atoms with van der Waals surface area (Å²) in [7, 11) is 0. The largest absolute Gasteiger partial charge is 0.0622 e. The monoisotopic (exact) mass is 1260 g/mol. The summed E-state index contributed by atoms with van der Waals surface area (Å²) in [6.07, 6.45) is 0. The minimum atomic E-state index is -0.313. The highest BCUT2D eigenvalue weighted by atomic mass is 14.4. The summed E-state index contributed by atoms with van der Waals surface area (Å²) in [6, 6.07) is 131. The van der Waals surface area contributed by atoms with Crippen molar-refractivity contribution in [1.29, 1.82) is 0 Å². The van der Waals surface area contributed by atoms with Crippen molar-refractivity contribution >= 4 is 0 Å². The summed E-state index contributed by atoms with van der Waals surface area (Å²) in [5.41, 5.74) is 32.3. The Balaban J connectivity index is 1.15. The molecule has 0 aromatic heterocycles. The molecule has 0 bridgehead atoms. The second kappa shape index (κ2) is 27.3. The summed E-state index contributed by atoms with van der Waals surface area (Å²) in [6.45, 7) is 20.9. The van der Waals surface area contributed by atoms with E-state index in [0.717, 1.165) is 5.56 Å². The van der Waals surface area contributed by atoms with E-state index in [1.807, 2.05) is 0 Å². The van der Waals surface area contributed by atoms with Gasteiger partial charge in [-0.2, -0.15) is 0 Å². The topological polar surface area (TPSA) is 0 Å². The lowest BCUT2D eigenvalue weighted by atomic mass is 9.72. The molecule has 14 aromatic rings. The predicted molar refractivity (Wildman–Crippen MR) is 419 cm³/mol. The number of hydrogen-bond donors (Lipinski definition) is 0. The highest BCUT2D eigenvalue weighted by molar-refractivity contribution is 5.95. The maximum Gasteiger partial charge on any atom is 0.0352 e. The maximum absolute atomic E-state index is 2.62. The van der Waals surface area contributed by atoms with Gasteiger partial charge in [-0.15, -0.1) is 0 Å². The van der Waals surface area contributed by atoms with Gasteiger partial charge in [0.25, 0.3) is 0 Å². The Morgan fingerprint density at radius 1 is 0.163 bits per heavy atom. The first kappa shape index (κ1) is 64.4. The molecule has 0 N–H and O–H groups in total. The highest BCUT2D eigenvalue weighted by Crippen LogP contribution is 2.52. The molecule has 0 saturated carbocycles. The molecule has 0 radical (unpaired) electrons. The Morgan fingerprint density at radius 2 is 0.388 bits per heavy atom. The van der Waals surface area contributed by atoms with E-state index >= 15 is 0 Å². The van der Waals surface area contributed by atoms with Crippen LogP contribution in [0.15, 0.2) is 346 Å². The summed E-state index contributed by atoms with van der Waals surface area (Å²) >= 11 is 0. The SMILES string of the molecule is CC(C)(C)c1ccc(-c2cc(C(c3ccc(C(C)(C)C)cc3)c3c(-c4ccccc4-c4ccccc4)cccc3-c3ccccc3-c3ccccc3)cc(C(c3ccc(C(C)(C)C)cc3)c3c(-c4ccccc4-c4ccccc4)cccc3-c3ccccc3-c3ccccc3)c2)cc1. The Labute approximate surface area is 582 Å². The Kier molecular flexibility index (Phi) is 17.9. The first-order valence-electron chi connectivity index (χ1n) is 34.9. The van der Waals surface area contributed by atoms with E-state index in [4.69, 9.17) is 0 Å². The molecule has 0 aliphatic rings. The second-order valence-electron chi connectivity index (χ2n) is 29.5. The number of rotatable bonds is 15. The molecule has 2 atom stereocenters. The smallest absolute Gasteiger partial charge is 0.0352 e. The van der Waals surface area contributed by atoms with Gasteiger partial charge in [-0.3, -0.25) is 0 Å². The van der Waals surface area contributed by atoms with Crippen LogP contribution in [0.2, 0.25) is 0 Å². The van der Waals surface area contributed by atoms with Crippen LogP contribution in [0.5, 0.6) is 0 Å². The summed E-state index contributed by atoms with van der Waals surface area (Å²) in [5.74, 6) is -0.627. The van der Waals surface area contributed by atoms with E-state index in [0.29, 0.717) is 0 Å². The minimum Gasteiger partial charge on any atom is -0.0622 e. The van der Waals surface area contributed by atoms with Crippen molar-refractivity contribution < 1.29 is 0 Å². The fraction of sp³-hybridized carbons (Fsp3) is 0.143. The molecule has 0 aliphatic heterocycles. The summed E-state index contributed by atoms with van der Waals surface area (Å²) in [5, 5.41) is 0. The van der Waals surface area contributed by atoms with Gasteiger partial charge in [-0.1, -0.05) is 408 Å². The van der Waals surface area contributed by atoms with Crippen molar-refractivity contribution in [1.82, 2.24) is 0 Å². The van der Waals surface area contributed by atoms with Crippen LogP contribution in [0.4, 0.5) is 0 Å². The van der Waals surface area contributed by atoms with E-state index in [9.17, 15) is 0 Å². The zero-order valence-corrected chi connectivity index (χ0v) is 58.1. The van der Waals surface area contributed by atoms with Crippen molar-refractivity contribution in [3.05, 3.63) is 396 Å². The lowest BCUT2D eigenvalue weighted by Gasteiger charge is -2.31. The zero-order chi connectivity index (χ0) is 67.5. The van der Waals surface area contributed by atoms with Crippen LogP contribution in [0, 0.1) is 0 Å². The normalized spacial score (nSPS) is 12.5. The van der Waals surface area contributed by atoms with Gasteiger partial charge < -0.3 is 0 Å². The van der Waals surface area contributed by atoms with Gasteiger partial charge in [0.15, 0.2) is 0 Å². The number of benzene rings is 14. The van der Waals surface area contributed by atoms with E-state index < -0.39 is 0 Å². The molecule has 0 heteroatoms. The third-order valence-electron chi connectivity index (χ3n) is 19.9. The second-order valence-corrected chi connectivity index (χ2v) is 29.5. The molecule has 0 heterocycles. The maximum atomic E-state index is 2.62. The van der Waals surface area contributed by atoms with Crippen LogP contribution in [0.1, 0.15) is 124 Å². The molecule has 0 spiro atoms. The molecule has 14 aromatic carbocycles. The number of hydrogen-bond acceptors (Lipinski definition) is 0. The van der Waals surface area contributed by atoms with E-state index in [1.165, 1.54) is 145 Å². The summed E-state index contributed by atoms with van der Waals surface area (Å²) < 4.78 is 0. The molecule has 0 aliphatic carbocycles. The molecular formula is C98H86. The molecule has 0 saturated heterocycles. The molecule has 0 amide bonds. The van der Waals surface area contributed by atoms with E-state index in [2.05, 4.69) is 408 Å². The predicted octanol–water partition coefficient (Wildman–Crippen LogP) is 26.9. The standard InChI is InChI=1S/C98H86/c1-96(2,3)77-58-52-67(53-59-77)74-64-75(92(72-54-60-78(61-55-72)97(4,5)6)94-88(84-44-26-22-40-80(84)68-32-14-10-15-33-68)48-30-49-89(94)85-45-27-23-41-81(85)69-34-16-11-17-35-69)66-76(65-74)93(73-56-62-79(63-57-73)98(7,8)9)95-90(86-46-28-24-42-82(86)70-36-18-12-19-37-70)50-31-51-91(95)87-47-29-25-43-83(87)71-38-20-13-21-39-71/h10-66,92-93H,1-9H3. The third-order valence-corrected chi connectivity index (χ3v) is 19.9. The minimum absolute atomic E-state index is 0.0431. The fourth-order valence-corrected chi connectivity index (χ4v) is 14.8. The average Bonchev–Trinajstić information content (AvgIpc) is 0.740. The van der Waals surface area contributed by atoms with Crippen molar-refractivity contribution in [3.8, 4) is 100 Å². The van der Waals surface area contributed by atoms with Gasteiger partial charge in [0, 0.05) is 11.8 Å². The first-order valence-corrected chi connectivity index (χ1v) is 34.9. The molecule has 14 rings (SSSR count). The molecule has 98 heavy (non-hydrogen) atoms. The van der Waals surface area contributed by atoms with E-state index in [1.54, 1.807) is 0 Å². The van der Waals surface area contributed by atoms with Gasteiger partial charge in [-0.25, -0.2) is 0 Å². The van der Waals surface area contributed by atoms with Crippen LogP contribution in [-0.2, 0) is 16.2 Å². The van der Waals surface area contributed by atoms with Gasteiger partial charge >= 0.3 is 0 Å². The third kappa shape index (κ3) is 13.2. The molecule has 0 fully saturated rings. The average molecular weight is 1260 g/mol. The van der Waals surface area contributed by atoms with Crippen LogP contribution in [0.25, 0.3) is 100 Å². The van der Waals surface area contributed by atoms with Crippen molar-refractivity contribution in [2.45, 2.75) is 90.4 Å². The first-order chi connectivity index (χ1) is 47.5. The summed E-state index contributed by atoms with van der Waals surface area (Å²) in [4.78, 5) is 0. The molecule has 0 nitrogen and oxygen atoms in total. The Bertz CT molecular complexity index is 4580. The molecule has 478 valence electrons. The van der Waals surface area contributed by atoms with Crippen molar-refractivity contribution in [2.75, 3.05) is 0 Å². The highest BCUT2D eigenvalue weighted by Gasteiger charge is 2.33. The lowest BCUT2D eigenvalue weighted by molar-refractivity contribution is 0.589. The fourth-order valence-electron chi connectivity index (χ4n) is 14.8. The van der Waals surface area contributed by atoms with Crippen molar-refractivity contribution in [3.63, 3.8) is 0 Å². The Morgan fingerprint density at radius 3 is 0.643 bits per heavy atom.